The van der Waals surface area contributed by atoms with Crippen molar-refractivity contribution in [2.45, 2.75) is 46.5 Å². The first-order valence-electron chi connectivity index (χ1n) is 9.81. The second-order valence-corrected chi connectivity index (χ2v) is 10.1. The third-order valence-corrected chi connectivity index (χ3v) is 6.78. The van der Waals surface area contributed by atoms with Crippen LogP contribution >= 0.6 is 11.3 Å². The largest absolute Gasteiger partial charge is 0.384 e. The van der Waals surface area contributed by atoms with Crippen LogP contribution < -0.4 is 10.6 Å². The molecule has 0 saturated carbocycles. The van der Waals surface area contributed by atoms with E-state index in [0.29, 0.717) is 17.8 Å². The lowest BCUT2D eigenvalue weighted by molar-refractivity contribution is -0.118. The minimum Gasteiger partial charge on any atom is -0.384 e. The molecule has 2 aliphatic rings. The van der Waals surface area contributed by atoms with E-state index < -0.39 is 0 Å². The lowest BCUT2D eigenvalue weighted by Crippen LogP contribution is -2.42. The predicted octanol–water partition coefficient (Wildman–Crippen LogP) is 5.31. The van der Waals surface area contributed by atoms with Crippen molar-refractivity contribution in [3.63, 3.8) is 0 Å². The summed E-state index contributed by atoms with van der Waals surface area (Å²) in [7, 11) is 0. The summed E-state index contributed by atoms with van der Waals surface area (Å²) < 4.78 is 0. The first kappa shape index (κ1) is 19.5. The molecular weight excluding hydrogens is 378 g/mol. The molecule has 0 fully saturated rings. The summed E-state index contributed by atoms with van der Waals surface area (Å²) in [5, 5.41) is 10.0. The molecule has 1 aromatic heterocycles. The number of carbonyl (C=O) groups excluding carboxylic acids is 1. The highest BCUT2D eigenvalue weighted by Crippen LogP contribution is 2.51. The molecule has 1 unspecified atom stereocenters. The number of nitrogens with zero attached hydrogens (tertiary/aromatic N) is 2. The quantitative estimate of drug-likeness (QED) is 0.738. The van der Waals surface area contributed by atoms with E-state index in [9.17, 15) is 10.1 Å². The van der Waals surface area contributed by atoms with E-state index in [4.69, 9.17) is 5.73 Å². The molecule has 0 spiro atoms. The predicted molar refractivity (Wildman–Crippen MR) is 117 cm³/mol. The Morgan fingerprint density at radius 3 is 2.41 bits per heavy atom. The van der Waals surface area contributed by atoms with Crippen molar-refractivity contribution in [2.24, 2.45) is 11.1 Å². The monoisotopic (exact) mass is 403 g/mol. The standard InChI is InChI=1S/C24H25N3OS/c1-14-5-8-16(9-6-14)27-18-11-24(3,4)12-19(28)22(18)21(17(13-25)23(27)26)20-10-7-15(2)29-20/h5-10,21H,11-12,26H2,1-4H3. The highest BCUT2D eigenvalue weighted by atomic mass is 32.1. The van der Waals surface area contributed by atoms with E-state index in [1.165, 1.54) is 0 Å². The van der Waals surface area contributed by atoms with Gasteiger partial charge < -0.3 is 5.73 Å². The van der Waals surface area contributed by atoms with Gasteiger partial charge in [0.2, 0.25) is 0 Å². The Kier molecular flexibility index (Phi) is 4.63. The van der Waals surface area contributed by atoms with Gasteiger partial charge in [0.05, 0.1) is 17.6 Å². The van der Waals surface area contributed by atoms with Crippen LogP contribution in [0.1, 0.15) is 47.9 Å². The van der Waals surface area contributed by atoms with E-state index in [0.717, 1.165) is 38.7 Å². The molecule has 4 nitrogen and oxygen atoms in total. The second kappa shape index (κ2) is 6.89. The summed E-state index contributed by atoms with van der Waals surface area (Å²) in [4.78, 5) is 17.5. The van der Waals surface area contributed by atoms with Gasteiger partial charge in [-0.25, -0.2) is 0 Å². The van der Waals surface area contributed by atoms with E-state index in [1.54, 1.807) is 11.3 Å². The van der Waals surface area contributed by atoms with Gasteiger partial charge >= 0.3 is 0 Å². The number of ketones is 1. The molecule has 148 valence electrons. The maximum absolute atomic E-state index is 13.4. The second-order valence-electron chi connectivity index (χ2n) is 8.76. The number of hydrogen-bond donors (Lipinski definition) is 1. The van der Waals surface area contributed by atoms with Gasteiger partial charge in [0.15, 0.2) is 5.78 Å². The number of allylic oxidation sites excluding steroid dienone is 3. The summed E-state index contributed by atoms with van der Waals surface area (Å²) in [5.74, 6) is 0.167. The SMILES string of the molecule is Cc1ccc(N2C(N)=C(C#N)C(c3ccc(C)s3)C3=C2CC(C)(C)CC3=O)cc1. The van der Waals surface area contributed by atoms with Crippen LogP contribution in [0.4, 0.5) is 5.69 Å². The molecule has 4 rings (SSSR count). The molecule has 2 aromatic rings. The Morgan fingerprint density at radius 1 is 1.14 bits per heavy atom. The smallest absolute Gasteiger partial charge is 0.162 e. The van der Waals surface area contributed by atoms with Gasteiger partial charge in [-0.15, -0.1) is 11.3 Å². The van der Waals surface area contributed by atoms with Crippen molar-refractivity contribution in [1.82, 2.24) is 0 Å². The van der Waals surface area contributed by atoms with Crippen LogP contribution in [0.25, 0.3) is 0 Å². The first-order valence-corrected chi connectivity index (χ1v) is 10.6. The molecule has 2 N–H and O–H groups in total. The third kappa shape index (κ3) is 3.28. The molecule has 0 saturated heterocycles. The molecule has 1 atom stereocenters. The summed E-state index contributed by atoms with van der Waals surface area (Å²) in [6.07, 6.45) is 1.22. The van der Waals surface area contributed by atoms with E-state index in [2.05, 4.69) is 19.9 Å². The van der Waals surface area contributed by atoms with Gasteiger partial charge in [0.25, 0.3) is 0 Å². The number of hydrogen-bond acceptors (Lipinski definition) is 5. The summed E-state index contributed by atoms with van der Waals surface area (Å²) in [6, 6.07) is 14.5. The van der Waals surface area contributed by atoms with Gasteiger partial charge in [-0.3, -0.25) is 9.69 Å². The van der Waals surface area contributed by atoms with Crippen LogP contribution in [0.2, 0.25) is 0 Å². The fraction of sp³-hybridized carbons (Fsp3) is 0.333. The van der Waals surface area contributed by atoms with Crippen molar-refractivity contribution in [1.29, 1.82) is 5.26 Å². The number of anilines is 1. The van der Waals surface area contributed by atoms with Crippen molar-refractivity contribution < 1.29 is 4.79 Å². The van der Waals surface area contributed by atoms with E-state index >= 15 is 0 Å². The fourth-order valence-corrected chi connectivity index (χ4v) is 5.39. The van der Waals surface area contributed by atoms with Crippen LogP contribution in [-0.4, -0.2) is 5.78 Å². The average Bonchev–Trinajstić information content (AvgIpc) is 3.07. The molecule has 0 radical (unpaired) electrons. The first-order chi connectivity index (χ1) is 13.7. The number of nitrogens with two attached hydrogens (primary N) is 1. The highest BCUT2D eigenvalue weighted by Gasteiger charge is 2.45. The Hall–Kier alpha value is -2.84. The maximum atomic E-state index is 13.4. The maximum Gasteiger partial charge on any atom is 0.162 e. The minimum absolute atomic E-state index is 0.115. The Labute approximate surface area is 176 Å². The molecule has 1 aromatic carbocycles. The molecular formula is C24H25N3OS. The van der Waals surface area contributed by atoms with Crippen LogP contribution in [-0.2, 0) is 4.79 Å². The molecule has 29 heavy (non-hydrogen) atoms. The number of Topliss-reactive ketones (excluding diaryl/α,β-unsaturated/α-hetero) is 1. The number of carbonyl (C=O) groups is 1. The Balaban J connectivity index is 1.99. The number of rotatable bonds is 2. The zero-order valence-corrected chi connectivity index (χ0v) is 18.1. The molecule has 0 amide bonds. The lowest BCUT2D eigenvalue weighted by atomic mass is 9.69. The van der Waals surface area contributed by atoms with Crippen LogP contribution in [0.3, 0.4) is 0 Å². The van der Waals surface area contributed by atoms with Crippen LogP contribution in [0, 0.1) is 30.6 Å². The summed E-state index contributed by atoms with van der Waals surface area (Å²) >= 11 is 1.63. The van der Waals surface area contributed by atoms with Crippen LogP contribution in [0.15, 0.2) is 59.1 Å². The van der Waals surface area contributed by atoms with Crippen LogP contribution in [0.5, 0.6) is 0 Å². The topological polar surface area (TPSA) is 70.1 Å². The minimum atomic E-state index is -0.376. The van der Waals surface area contributed by atoms with Gasteiger partial charge in [-0.2, -0.15) is 5.26 Å². The zero-order valence-electron chi connectivity index (χ0n) is 17.2. The van der Waals surface area contributed by atoms with Gasteiger partial charge in [0.1, 0.15) is 5.82 Å². The van der Waals surface area contributed by atoms with Crippen molar-refractivity contribution in [2.75, 3.05) is 4.90 Å². The fourth-order valence-electron chi connectivity index (χ4n) is 4.39. The Morgan fingerprint density at radius 2 is 1.83 bits per heavy atom. The van der Waals surface area contributed by atoms with Crippen molar-refractivity contribution in [3.8, 4) is 6.07 Å². The summed E-state index contributed by atoms with van der Waals surface area (Å²) in [5.41, 5.74) is 10.6. The van der Waals surface area contributed by atoms with Gasteiger partial charge in [-0.05, 0) is 49.9 Å². The van der Waals surface area contributed by atoms with Crippen molar-refractivity contribution >= 4 is 22.8 Å². The molecule has 5 heteroatoms. The third-order valence-electron chi connectivity index (χ3n) is 5.72. The molecule has 2 heterocycles. The number of aryl methyl sites for hydroxylation is 2. The number of nitriles is 1. The normalized spacial score (nSPS) is 21.3. The number of thiophene rings is 1. The lowest BCUT2D eigenvalue weighted by Gasteiger charge is -2.43. The molecule has 1 aliphatic heterocycles. The van der Waals surface area contributed by atoms with Gasteiger partial charge in [-0.1, -0.05) is 31.5 Å². The molecule has 1 aliphatic carbocycles. The molecule has 0 bridgehead atoms. The number of benzene rings is 1. The van der Waals surface area contributed by atoms with E-state index in [-0.39, 0.29) is 17.1 Å². The summed E-state index contributed by atoms with van der Waals surface area (Å²) in [6.45, 7) is 8.31. The Bertz CT molecular complexity index is 1100. The van der Waals surface area contributed by atoms with Gasteiger partial charge in [0, 0.05) is 33.1 Å². The zero-order chi connectivity index (χ0) is 20.9. The highest BCUT2D eigenvalue weighted by molar-refractivity contribution is 7.12. The van der Waals surface area contributed by atoms with E-state index in [1.807, 2.05) is 55.1 Å². The van der Waals surface area contributed by atoms with Crippen molar-refractivity contribution in [3.05, 3.63) is 74.4 Å². The average molecular weight is 404 g/mol.